The summed E-state index contributed by atoms with van der Waals surface area (Å²) in [6.07, 6.45) is -2.00. The van der Waals surface area contributed by atoms with E-state index in [2.05, 4.69) is 10.1 Å². The van der Waals surface area contributed by atoms with Crippen LogP contribution in [0.4, 0.5) is 13.2 Å². The Morgan fingerprint density at radius 1 is 1.19 bits per heavy atom. The van der Waals surface area contributed by atoms with E-state index >= 15 is 0 Å². The Hall–Kier alpha value is -2.78. The van der Waals surface area contributed by atoms with E-state index < -0.39 is 23.6 Å². The van der Waals surface area contributed by atoms with Crippen molar-refractivity contribution < 1.29 is 32.2 Å². The Bertz CT molecular complexity index is 840. The SMILES string of the molecule is O=C(NC[C@@](O)(c1ccoc1)c1cccs1)c1ccc(OC(F)(F)F)cc1. The number of rotatable bonds is 6. The maximum atomic E-state index is 12.3. The highest BCUT2D eigenvalue weighted by molar-refractivity contribution is 7.10. The van der Waals surface area contributed by atoms with Gasteiger partial charge in [0.2, 0.25) is 0 Å². The molecule has 0 unspecified atom stereocenters. The summed E-state index contributed by atoms with van der Waals surface area (Å²) in [7, 11) is 0. The first-order valence-electron chi connectivity index (χ1n) is 7.71. The summed E-state index contributed by atoms with van der Waals surface area (Å²) < 4.78 is 45.4. The van der Waals surface area contributed by atoms with Crippen LogP contribution in [0.2, 0.25) is 0 Å². The molecular weight excluding hydrogens is 383 g/mol. The summed E-state index contributed by atoms with van der Waals surface area (Å²) in [6.45, 7) is -0.146. The van der Waals surface area contributed by atoms with Crippen LogP contribution in [0.5, 0.6) is 5.75 Å². The average Bonchev–Trinajstić information content (AvgIpc) is 3.32. The van der Waals surface area contributed by atoms with Gasteiger partial charge < -0.3 is 19.6 Å². The van der Waals surface area contributed by atoms with Crippen LogP contribution in [0.15, 0.2) is 64.8 Å². The van der Waals surface area contributed by atoms with Crippen LogP contribution < -0.4 is 10.1 Å². The lowest BCUT2D eigenvalue weighted by molar-refractivity contribution is -0.274. The summed E-state index contributed by atoms with van der Waals surface area (Å²) in [5, 5.41) is 15.5. The topological polar surface area (TPSA) is 71.7 Å². The van der Waals surface area contributed by atoms with Gasteiger partial charge in [0.25, 0.3) is 5.91 Å². The van der Waals surface area contributed by atoms with Crippen molar-refractivity contribution >= 4 is 17.2 Å². The zero-order chi connectivity index (χ0) is 19.5. The molecule has 0 radical (unpaired) electrons. The number of halogens is 3. The molecule has 3 aromatic rings. The number of aliphatic hydroxyl groups is 1. The predicted octanol–water partition coefficient (Wildman–Crippen LogP) is 3.91. The van der Waals surface area contributed by atoms with Gasteiger partial charge in [0, 0.05) is 16.0 Å². The fourth-order valence-electron chi connectivity index (χ4n) is 2.46. The second-order valence-corrected chi connectivity index (χ2v) is 6.55. The molecular formula is C18H14F3NO4S. The van der Waals surface area contributed by atoms with E-state index in [9.17, 15) is 23.1 Å². The Kier molecular flexibility index (Phi) is 5.24. The van der Waals surface area contributed by atoms with Crippen molar-refractivity contribution in [3.05, 3.63) is 76.4 Å². The molecule has 0 aliphatic carbocycles. The minimum absolute atomic E-state index is 0.130. The number of carbonyl (C=O) groups is 1. The van der Waals surface area contributed by atoms with Crippen LogP contribution in [-0.2, 0) is 5.60 Å². The van der Waals surface area contributed by atoms with Crippen molar-refractivity contribution in [2.24, 2.45) is 0 Å². The summed E-state index contributed by atoms with van der Waals surface area (Å²) in [6, 6.07) is 9.60. The molecule has 2 N–H and O–H groups in total. The summed E-state index contributed by atoms with van der Waals surface area (Å²) in [5.74, 6) is -0.973. The lowest BCUT2D eigenvalue weighted by atomic mass is 9.94. The van der Waals surface area contributed by atoms with E-state index in [4.69, 9.17) is 4.42 Å². The number of amides is 1. The summed E-state index contributed by atoms with van der Waals surface area (Å²) in [5.41, 5.74) is -0.889. The van der Waals surface area contributed by atoms with Crippen molar-refractivity contribution in [1.82, 2.24) is 5.32 Å². The Balaban J connectivity index is 1.72. The van der Waals surface area contributed by atoms with Crippen LogP contribution >= 0.6 is 11.3 Å². The fraction of sp³-hybridized carbons (Fsp3) is 0.167. The number of hydrogen-bond acceptors (Lipinski definition) is 5. The van der Waals surface area contributed by atoms with Gasteiger partial charge in [0.1, 0.15) is 11.4 Å². The van der Waals surface area contributed by atoms with Crippen LogP contribution in [0.25, 0.3) is 0 Å². The van der Waals surface area contributed by atoms with E-state index in [1.165, 1.54) is 36.0 Å². The predicted molar refractivity (Wildman–Crippen MR) is 91.5 cm³/mol. The number of nitrogens with one attached hydrogen (secondary N) is 1. The molecule has 27 heavy (non-hydrogen) atoms. The highest BCUT2D eigenvalue weighted by Gasteiger charge is 2.34. The van der Waals surface area contributed by atoms with Crippen LogP contribution in [-0.4, -0.2) is 23.9 Å². The molecule has 0 aliphatic rings. The number of furan rings is 1. The van der Waals surface area contributed by atoms with Crippen molar-refractivity contribution in [3.8, 4) is 5.75 Å². The van der Waals surface area contributed by atoms with Gasteiger partial charge >= 0.3 is 6.36 Å². The third-order valence-corrected chi connectivity index (χ3v) is 4.80. The Labute approximate surface area is 156 Å². The quantitative estimate of drug-likeness (QED) is 0.662. The highest BCUT2D eigenvalue weighted by atomic mass is 32.1. The molecule has 142 valence electrons. The van der Waals surface area contributed by atoms with Gasteiger partial charge in [-0.3, -0.25) is 4.79 Å². The third-order valence-electron chi connectivity index (χ3n) is 3.78. The largest absolute Gasteiger partial charge is 0.573 e. The minimum Gasteiger partial charge on any atom is -0.472 e. The number of carbonyl (C=O) groups excluding carboxylic acids is 1. The molecule has 0 fully saturated rings. The number of thiophene rings is 1. The van der Waals surface area contributed by atoms with E-state index in [1.54, 1.807) is 23.6 Å². The van der Waals surface area contributed by atoms with Crippen molar-refractivity contribution in [2.45, 2.75) is 12.0 Å². The summed E-state index contributed by atoms with van der Waals surface area (Å²) >= 11 is 1.32. The van der Waals surface area contributed by atoms with Gasteiger partial charge in [-0.25, -0.2) is 0 Å². The average molecular weight is 397 g/mol. The van der Waals surface area contributed by atoms with Crippen molar-refractivity contribution in [2.75, 3.05) is 6.54 Å². The van der Waals surface area contributed by atoms with Gasteiger partial charge in [-0.1, -0.05) is 6.07 Å². The van der Waals surface area contributed by atoms with Crippen LogP contribution in [0.3, 0.4) is 0 Å². The zero-order valence-corrected chi connectivity index (χ0v) is 14.5. The lowest BCUT2D eigenvalue weighted by Crippen LogP contribution is -2.41. The second-order valence-electron chi connectivity index (χ2n) is 5.60. The number of alkyl halides is 3. The first-order valence-corrected chi connectivity index (χ1v) is 8.59. The smallest absolute Gasteiger partial charge is 0.472 e. The molecule has 9 heteroatoms. The molecule has 1 aromatic carbocycles. The molecule has 5 nitrogen and oxygen atoms in total. The van der Waals surface area contributed by atoms with E-state index in [1.807, 2.05) is 0 Å². The van der Waals surface area contributed by atoms with E-state index in [-0.39, 0.29) is 12.1 Å². The van der Waals surface area contributed by atoms with Crippen molar-refractivity contribution in [1.29, 1.82) is 0 Å². The minimum atomic E-state index is -4.80. The maximum Gasteiger partial charge on any atom is 0.573 e. The third kappa shape index (κ3) is 4.50. The van der Waals surface area contributed by atoms with E-state index in [0.29, 0.717) is 10.4 Å². The highest BCUT2D eigenvalue weighted by Crippen LogP contribution is 2.32. The molecule has 0 saturated carbocycles. The number of ether oxygens (including phenoxy) is 1. The first kappa shape index (κ1) is 19.0. The van der Waals surface area contributed by atoms with Gasteiger partial charge in [-0.15, -0.1) is 24.5 Å². The molecule has 0 aliphatic heterocycles. The lowest BCUT2D eigenvalue weighted by Gasteiger charge is -2.26. The number of benzene rings is 1. The van der Waals surface area contributed by atoms with Crippen molar-refractivity contribution in [3.63, 3.8) is 0 Å². The van der Waals surface area contributed by atoms with Gasteiger partial charge in [0.05, 0.1) is 19.1 Å². The normalized spacial score (nSPS) is 13.8. The molecule has 1 amide bonds. The van der Waals surface area contributed by atoms with Gasteiger partial charge in [-0.05, 0) is 41.8 Å². The molecule has 0 saturated heterocycles. The number of hydrogen-bond donors (Lipinski definition) is 2. The first-order chi connectivity index (χ1) is 12.8. The zero-order valence-electron chi connectivity index (χ0n) is 13.7. The monoisotopic (exact) mass is 397 g/mol. The standard InChI is InChI=1S/C18H14F3NO4S/c19-18(20,21)26-14-5-3-12(4-6-14)16(23)22-11-17(24,13-7-8-25-10-13)15-2-1-9-27-15/h1-10,24H,11H2,(H,22,23)/t17-/m1/s1. The molecule has 2 heterocycles. The second kappa shape index (κ2) is 7.45. The summed E-state index contributed by atoms with van der Waals surface area (Å²) in [4.78, 5) is 12.9. The molecule has 0 bridgehead atoms. The molecule has 2 aromatic heterocycles. The van der Waals surface area contributed by atoms with Gasteiger partial charge in [0.15, 0.2) is 0 Å². The molecule has 0 spiro atoms. The Morgan fingerprint density at radius 3 is 2.48 bits per heavy atom. The molecule has 3 rings (SSSR count). The van der Waals surface area contributed by atoms with Crippen LogP contribution in [0, 0.1) is 0 Å². The Morgan fingerprint density at radius 2 is 1.93 bits per heavy atom. The fourth-order valence-corrected chi connectivity index (χ4v) is 3.31. The maximum absolute atomic E-state index is 12.3. The van der Waals surface area contributed by atoms with Crippen LogP contribution in [0.1, 0.15) is 20.8 Å². The van der Waals surface area contributed by atoms with Gasteiger partial charge in [-0.2, -0.15) is 0 Å². The van der Waals surface area contributed by atoms with E-state index in [0.717, 1.165) is 12.1 Å². The molecule has 1 atom stereocenters.